The highest BCUT2D eigenvalue weighted by molar-refractivity contribution is 5.72. The first-order chi connectivity index (χ1) is 13.7. The topological polar surface area (TPSA) is 56.8 Å². The highest BCUT2D eigenvalue weighted by Gasteiger charge is 2.51. The van der Waals surface area contributed by atoms with E-state index in [1.54, 1.807) is 4.57 Å². The van der Waals surface area contributed by atoms with E-state index in [4.69, 9.17) is 13.9 Å². The van der Waals surface area contributed by atoms with Gasteiger partial charge in [0, 0.05) is 39.4 Å². The van der Waals surface area contributed by atoms with Crippen LogP contribution in [0.1, 0.15) is 38.5 Å². The average molecular weight is 386 g/mol. The van der Waals surface area contributed by atoms with Gasteiger partial charge in [0.05, 0.1) is 17.2 Å². The molecule has 3 aliphatic rings. The predicted molar refractivity (Wildman–Crippen MR) is 107 cm³/mol. The van der Waals surface area contributed by atoms with Gasteiger partial charge in [-0.05, 0) is 56.6 Å². The zero-order valence-electron chi connectivity index (χ0n) is 16.6. The summed E-state index contributed by atoms with van der Waals surface area (Å²) >= 11 is 0. The Morgan fingerprint density at radius 3 is 2.86 bits per heavy atom. The van der Waals surface area contributed by atoms with Gasteiger partial charge in [-0.1, -0.05) is 12.1 Å². The van der Waals surface area contributed by atoms with Gasteiger partial charge in [-0.2, -0.15) is 0 Å². The molecular weight excluding hydrogens is 356 g/mol. The Morgan fingerprint density at radius 1 is 1.18 bits per heavy atom. The van der Waals surface area contributed by atoms with Crippen LogP contribution in [0.4, 0.5) is 0 Å². The number of aromatic nitrogens is 1. The van der Waals surface area contributed by atoms with Gasteiger partial charge >= 0.3 is 5.76 Å². The molecule has 0 bridgehead atoms. The lowest BCUT2D eigenvalue weighted by Gasteiger charge is -2.43. The summed E-state index contributed by atoms with van der Waals surface area (Å²) in [6.45, 7) is 3.40. The number of nitrogens with zero attached hydrogens (tertiary/aromatic N) is 2. The fourth-order valence-electron chi connectivity index (χ4n) is 5.19. The summed E-state index contributed by atoms with van der Waals surface area (Å²) in [5.74, 6) is 0.530. The molecule has 1 aromatic heterocycles. The number of para-hydroxylation sites is 2. The Bertz CT molecular complexity index is 886. The Hall–Kier alpha value is -1.63. The zero-order valence-corrected chi connectivity index (χ0v) is 16.6. The van der Waals surface area contributed by atoms with Crippen LogP contribution < -0.4 is 5.76 Å². The van der Waals surface area contributed by atoms with E-state index in [1.807, 2.05) is 31.4 Å². The van der Waals surface area contributed by atoms with Gasteiger partial charge in [0.25, 0.3) is 0 Å². The molecule has 2 aromatic rings. The fraction of sp³-hybridized carbons (Fsp3) is 0.682. The largest absolute Gasteiger partial charge is 0.419 e. The number of hydrogen-bond donors (Lipinski definition) is 0. The van der Waals surface area contributed by atoms with Crippen molar-refractivity contribution in [1.82, 2.24) is 9.47 Å². The molecule has 6 heteroatoms. The number of likely N-dealkylation sites (tertiary alicyclic amines) is 1. The second-order valence-corrected chi connectivity index (χ2v) is 8.73. The SMILES string of the molecule is CO[C@@]12CC[C@H](OCC3CC3)C[C@@H]1N(CCn1c(=O)oc3ccccc31)CC2. The van der Waals surface area contributed by atoms with Gasteiger partial charge in [-0.3, -0.25) is 9.47 Å². The maximum atomic E-state index is 12.3. The van der Waals surface area contributed by atoms with Crippen LogP contribution in [-0.4, -0.2) is 54.0 Å². The molecule has 6 nitrogen and oxygen atoms in total. The first kappa shape index (κ1) is 18.4. The minimum Gasteiger partial charge on any atom is -0.408 e. The molecule has 0 radical (unpaired) electrons. The first-order valence-corrected chi connectivity index (χ1v) is 10.7. The van der Waals surface area contributed by atoms with E-state index >= 15 is 0 Å². The lowest BCUT2D eigenvalue weighted by Crippen LogP contribution is -2.52. The van der Waals surface area contributed by atoms with Crippen molar-refractivity contribution in [2.45, 2.75) is 62.8 Å². The van der Waals surface area contributed by atoms with E-state index in [9.17, 15) is 4.79 Å². The molecule has 0 amide bonds. The second-order valence-electron chi connectivity index (χ2n) is 8.73. The Labute approximate surface area is 165 Å². The first-order valence-electron chi connectivity index (χ1n) is 10.7. The Morgan fingerprint density at radius 2 is 2.04 bits per heavy atom. The maximum Gasteiger partial charge on any atom is 0.419 e. The highest BCUT2D eigenvalue weighted by atomic mass is 16.5. The summed E-state index contributed by atoms with van der Waals surface area (Å²) in [5, 5.41) is 0. The smallest absolute Gasteiger partial charge is 0.408 e. The van der Waals surface area contributed by atoms with E-state index < -0.39 is 0 Å². The summed E-state index contributed by atoms with van der Waals surface area (Å²) in [7, 11) is 1.86. The van der Waals surface area contributed by atoms with Gasteiger partial charge in [-0.15, -0.1) is 0 Å². The van der Waals surface area contributed by atoms with E-state index in [1.165, 1.54) is 12.8 Å². The molecule has 2 heterocycles. The molecule has 0 spiro atoms. The van der Waals surface area contributed by atoms with Crippen LogP contribution in [0.2, 0.25) is 0 Å². The van der Waals surface area contributed by atoms with Gasteiger partial charge in [-0.25, -0.2) is 4.79 Å². The molecule has 1 aromatic carbocycles. The summed E-state index contributed by atoms with van der Waals surface area (Å²) in [6.07, 6.45) is 7.25. The molecule has 2 saturated carbocycles. The standard InChI is InChI=1S/C22H30N2O4/c1-26-22-9-8-17(27-15-16-6-7-16)14-20(22)23(11-10-22)12-13-24-18-4-2-3-5-19(18)28-21(24)25/h2-5,16-17,20H,6-15H2,1H3/t17-,20-,22+/m0/s1. The Balaban J connectivity index is 1.29. The lowest BCUT2D eigenvalue weighted by atomic mass is 9.79. The number of ether oxygens (including phenoxy) is 2. The average Bonchev–Trinajstić information content (AvgIpc) is 3.40. The van der Waals surface area contributed by atoms with Crippen molar-refractivity contribution >= 4 is 11.1 Å². The van der Waals surface area contributed by atoms with Crippen LogP contribution in [0, 0.1) is 5.92 Å². The van der Waals surface area contributed by atoms with Gasteiger partial charge < -0.3 is 13.9 Å². The number of benzene rings is 1. The molecule has 2 aliphatic carbocycles. The molecule has 5 rings (SSSR count). The van der Waals surface area contributed by atoms with Crippen molar-refractivity contribution in [3.05, 3.63) is 34.8 Å². The number of hydrogen-bond acceptors (Lipinski definition) is 5. The van der Waals surface area contributed by atoms with E-state index in [0.717, 1.165) is 56.8 Å². The van der Waals surface area contributed by atoms with Crippen molar-refractivity contribution in [2.24, 2.45) is 5.92 Å². The molecule has 28 heavy (non-hydrogen) atoms. The highest BCUT2D eigenvalue weighted by Crippen LogP contribution is 2.43. The molecule has 0 N–H and O–H groups in total. The molecule has 3 atom stereocenters. The van der Waals surface area contributed by atoms with Crippen molar-refractivity contribution in [3.8, 4) is 0 Å². The zero-order chi connectivity index (χ0) is 19.1. The summed E-state index contributed by atoms with van der Waals surface area (Å²) in [6, 6.07) is 8.01. The minimum atomic E-state index is -0.271. The second kappa shape index (κ2) is 7.32. The van der Waals surface area contributed by atoms with Crippen LogP contribution >= 0.6 is 0 Å². The minimum absolute atomic E-state index is 0.0527. The summed E-state index contributed by atoms with van der Waals surface area (Å²) in [5.41, 5.74) is 1.48. The quantitative estimate of drug-likeness (QED) is 0.732. The van der Waals surface area contributed by atoms with E-state index in [0.29, 0.717) is 24.3 Å². The summed E-state index contributed by atoms with van der Waals surface area (Å²) in [4.78, 5) is 14.8. The number of oxazole rings is 1. The predicted octanol–water partition coefficient (Wildman–Crippen LogP) is 3.03. The third kappa shape index (κ3) is 3.31. The molecule has 0 unspecified atom stereocenters. The van der Waals surface area contributed by atoms with Crippen molar-refractivity contribution in [2.75, 3.05) is 26.8 Å². The van der Waals surface area contributed by atoms with Crippen LogP contribution in [0.5, 0.6) is 0 Å². The van der Waals surface area contributed by atoms with Gasteiger partial charge in [0.2, 0.25) is 0 Å². The van der Waals surface area contributed by atoms with Crippen LogP contribution in [0.15, 0.2) is 33.5 Å². The van der Waals surface area contributed by atoms with Crippen LogP contribution in [-0.2, 0) is 16.0 Å². The van der Waals surface area contributed by atoms with Crippen molar-refractivity contribution in [1.29, 1.82) is 0 Å². The molecule has 3 fully saturated rings. The number of rotatable bonds is 7. The lowest BCUT2D eigenvalue weighted by molar-refractivity contribution is -0.102. The van der Waals surface area contributed by atoms with Gasteiger partial charge in [0.1, 0.15) is 0 Å². The van der Waals surface area contributed by atoms with Gasteiger partial charge in [0.15, 0.2) is 5.58 Å². The van der Waals surface area contributed by atoms with E-state index in [-0.39, 0.29) is 11.4 Å². The number of methoxy groups -OCH3 is 1. The normalized spacial score (nSPS) is 30.8. The van der Waals surface area contributed by atoms with Crippen LogP contribution in [0.25, 0.3) is 11.1 Å². The monoisotopic (exact) mass is 386 g/mol. The summed E-state index contributed by atoms with van der Waals surface area (Å²) < 4.78 is 19.4. The van der Waals surface area contributed by atoms with Crippen molar-refractivity contribution in [3.63, 3.8) is 0 Å². The molecule has 1 saturated heterocycles. The maximum absolute atomic E-state index is 12.3. The number of fused-ring (bicyclic) bond motifs is 2. The third-order valence-corrected chi connectivity index (χ3v) is 7.10. The molecule has 1 aliphatic heterocycles. The third-order valence-electron chi connectivity index (χ3n) is 7.10. The van der Waals surface area contributed by atoms with Crippen molar-refractivity contribution < 1.29 is 13.9 Å². The van der Waals surface area contributed by atoms with Crippen LogP contribution in [0.3, 0.4) is 0 Å². The Kier molecular flexibility index (Phi) is 4.81. The molecular formula is C22H30N2O4. The fourth-order valence-corrected chi connectivity index (χ4v) is 5.19. The van der Waals surface area contributed by atoms with E-state index in [2.05, 4.69) is 4.90 Å². The molecule has 152 valence electrons.